The molecule has 3 fully saturated rings. The van der Waals surface area contributed by atoms with Crippen LogP contribution in [0.5, 0.6) is 0 Å². The first-order chi connectivity index (χ1) is 8.42. The van der Waals surface area contributed by atoms with E-state index >= 15 is 0 Å². The molecule has 0 bridgehead atoms. The Morgan fingerprint density at radius 1 is 1.00 bits per heavy atom. The molecule has 0 aromatic heterocycles. The number of hydrogen-bond acceptors (Lipinski definition) is 3. The molecule has 2 saturated carbocycles. The van der Waals surface area contributed by atoms with Crippen molar-refractivity contribution in [2.24, 2.45) is 21.9 Å². The van der Waals surface area contributed by atoms with E-state index in [2.05, 4.69) is 5.01 Å². The van der Waals surface area contributed by atoms with Crippen LogP contribution in [-0.2, 0) is 0 Å². The van der Waals surface area contributed by atoms with Gasteiger partial charge in [0.25, 0.3) is 0 Å². The summed E-state index contributed by atoms with van der Waals surface area (Å²) >= 11 is 0. The van der Waals surface area contributed by atoms with Crippen LogP contribution in [0.2, 0.25) is 0 Å². The Morgan fingerprint density at radius 2 is 1.88 bits per heavy atom. The lowest BCUT2D eigenvalue weighted by atomic mass is 9.81. The van der Waals surface area contributed by atoms with Crippen LogP contribution in [0, 0.1) is 11.8 Å². The SMILES string of the molecule is C1CCC2C3=NC4CCCCN4N=C3CC2C1. The Kier molecular flexibility index (Phi) is 2.27. The second-order valence-electron chi connectivity index (χ2n) is 6.06. The first kappa shape index (κ1) is 10.1. The second kappa shape index (κ2) is 3.82. The number of piperidine rings is 1. The van der Waals surface area contributed by atoms with Gasteiger partial charge >= 0.3 is 0 Å². The van der Waals surface area contributed by atoms with Crippen molar-refractivity contribution in [1.82, 2.24) is 5.01 Å². The molecular formula is C14H21N3. The Hall–Kier alpha value is -0.860. The lowest BCUT2D eigenvalue weighted by Crippen LogP contribution is -2.40. The third-order valence-electron chi connectivity index (χ3n) is 4.99. The lowest BCUT2D eigenvalue weighted by Gasteiger charge is -2.35. The van der Waals surface area contributed by atoms with Crippen molar-refractivity contribution in [3.8, 4) is 0 Å². The van der Waals surface area contributed by atoms with Gasteiger partial charge in [0.2, 0.25) is 0 Å². The molecule has 4 aliphatic rings. The highest BCUT2D eigenvalue weighted by Crippen LogP contribution is 2.41. The predicted octanol–water partition coefficient (Wildman–Crippen LogP) is 2.82. The van der Waals surface area contributed by atoms with Crippen molar-refractivity contribution < 1.29 is 0 Å². The molecule has 3 atom stereocenters. The molecule has 3 heteroatoms. The van der Waals surface area contributed by atoms with E-state index in [1.54, 1.807) is 0 Å². The van der Waals surface area contributed by atoms with Gasteiger partial charge in [-0.15, -0.1) is 0 Å². The van der Waals surface area contributed by atoms with Crippen LogP contribution in [0.1, 0.15) is 51.4 Å². The average Bonchev–Trinajstić information content (AvgIpc) is 2.73. The molecule has 2 aliphatic carbocycles. The quantitative estimate of drug-likeness (QED) is 0.630. The molecule has 17 heavy (non-hydrogen) atoms. The zero-order valence-corrected chi connectivity index (χ0v) is 10.4. The van der Waals surface area contributed by atoms with Crippen LogP contribution in [0.3, 0.4) is 0 Å². The van der Waals surface area contributed by atoms with E-state index in [9.17, 15) is 0 Å². The summed E-state index contributed by atoms with van der Waals surface area (Å²) in [6, 6.07) is 0. The molecule has 0 spiro atoms. The van der Waals surface area contributed by atoms with Crippen molar-refractivity contribution >= 4 is 11.4 Å². The van der Waals surface area contributed by atoms with Crippen LogP contribution in [0.15, 0.2) is 10.1 Å². The van der Waals surface area contributed by atoms with Gasteiger partial charge in [-0.05, 0) is 44.4 Å². The minimum Gasteiger partial charge on any atom is -0.272 e. The van der Waals surface area contributed by atoms with Gasteiger partial charge in [-0.1, -0.05) is 12.8 Å². The van der Waals surface area contributed by atoms with Crippen molar-refractivity contribution in [2.75, 3.05) is 6.54 Å². The normalized spacial score (nSPS) is 40.0. The zero-order chi connectivity index (χ0) is 11.2. The molecule has 0 radical (unpaired) electrons. The maximum absolute atomic E-state index is 5.06. The lowest BCUT2D eigenvalue weighted by molar-refractivity contribution is 0.157. The fraction of sp³-hybridized carbons (Fsp3) is 0.857. The molecule has 92 valence electrons. The summed E-state index contributed by atoms with van der Waals surface area (Å²) in [5, 5.41) is 7.17. The van der Waals surface area contributed by atoms with Crippen LogP contribution in [0.4, 0.5) is 0 Å². The fourth-order valence-corrected chi connectivity index (χ4v) is 4.10. The van der Waals surface area contributed by atoms with E-state index in [4.69, 9.17) is 10.1 Å². The molecule has 4 rings (SSSR count). The monoisotopic (exact) mass is 231 g/mol. The summed E-state index contributed by atoms with van der Waals surface area (Å²) in [5.41, 5.74) is 2.76. The number of hydrogen-bond donors (Lipinski definition) is 0. The minimum atomic E-state index is 0.392. The molecule has 3 nitrogen and oxygen atoms in total. The number of aliphatic imine (C=N–C) groups is 1. The van der Waals surface area contributed by atoms with Gasteiger partial charge in [0.1, 0.15) is 6.17 Å². The van der Waals surface area contributed by atoms with Crippen LogP contribution < -0.4 is 0 Å². The van der Waals surface area contributed by atoms with E-state index in [0.717, 1.165) is 18.4 Å². The first-order valence-corrected chi connectivity index (χ1v) is 7.34. The second-order valence-corrected chi connectivity index (χ2v) is 6.06. The van der Waals surface area contributed by atoms with Gasteiger partial charge in [-0.2, -0.15) is 5.10 Å². The summed E-state index contributed by atoms with van der Waals surface area (Å²) in [7, 11) is 0. The Labute approximate surface area is 103 Å². The maximum Gasteiger partial charge on any atom is 0.137 e. The topological polar surface area (TPSA) is 28.0 Å². The van der Waals surface area contributed by atoms with Crippen LogP contribution >= 0.6 is 0 Å². The standard InChI is InChI=1S/C14H21N3/c1-2-6-11-10(5-1)9-12-14(11)15-13-7-3-4-8-17(13)16-12/h10-11,13H,1-9H2. The van der Waals surface area contributed by atoms with E-state index in [0.29, 0.717) is 6.17 Å². The summed E-state index contributed by atoms with van der Waals surface area (Å²) in [5.74, 6) is 1.65. The van der Waals surface area contributed by atoms with Gasteiger partial charge in [-0.3, -0.25) is 10.0 Å². The largest absolute Gasteiger partial charge is 0.272 e. The molecule has 1 saturated heterocycles. The van der Waals surface area contributed by atoms with Gasteiger partial charge in [0.15, 0.2) is 0 Å². The van der Waals surface area contributed by atoms with Gasteiger partial charge in [-0.25, -0.2) is 0 Å². The van der Waals surface area contributed by atoms with Crippen molar-refractivity contribution in [3.63, 3.8) is 0 Å². The zero-order valence-electron chi connectivity index (χ0n) is 10.4. The smallest absolute Gasteiger partial charge is 0.137 e. The molecule has 0 aromatic carbocycles. The summed E-state index contributed by atoms with van der Waals surface area (Å²) in [6.45, 7) is 1.13. The third-order valence-corrected chi connectivity index (χ3v) is 4.99. The van der Waals surface area contributed by atoms with Gasteiger partial charge in [0, 0.05) is 12.5 Å². The van der Waals surface area contributed by atoms with Crippen molar-refractivity contribution in [2.45, 2.75) is 57.5 Å². The Morgan fingerprint density at radius 3 is 2.88 bits per heavy atom. The molecule has 0 aromatic rings. The molecule has 3 unspecified atom stereocenters. The van der Waals surface area contributed by atoms with Crippen LogP contribution in [0.25, 0.3) is 0 Å². The molecule has 0 N–H and O–H groups in total. The minimum absolute atomic E-state index is 0.392. The summed E-state index contributed by atoms with van der Waals surface area (Å²) in [6.07, 6.45) is 11.1. The average molecular weight is 231 g/mol. The predicted molar refractivity (Wildman–Crippen MR) is 69.3 cm³/mol. The number of hydrazone groups is 1. The molecule has 2 heterocycles. The third kappa shape index (κ3) is 1.54. The van der Waals surface area contributed by atoms with Crippen molar-refractivity contribution in [1.29, 1.82) is 0 Å². The van der Waals surface area contributed by atoms with Crippen LogP contribution in [-0.4, -0.2) is 29.1 Å². The number of nitrogens with zero attached hydrogens (tertiary/aromatic N) is 3. The number of rotatable bonds is 0. The molecular weight excluding hydrogens is 210 g/mol. The van der Waals surface area contributed by atoms with E-state index < -0.39 is 0 Å². The molecule has 0 amide bonds. The Balaban J connectivity index is 1.66. The highest BCUT2D eigenvalue weighted by molar-refractivity contribution is 6.45. The first-order valence-electron chi connectivity index (χ1n) is 7.34. The molecule has 2 aliphatic heterocycles. The van der Waals surface area contributed by atoms with Crippen molar-refractivity contribution in [3.05, 3.63) is 0 Å². The van der Waals surface area contributed by atoms with E-state index in [1.165, 1.54) is 62.8 Å². The number of fused-ring (bicyclic) bond motifs is 4. The highest BCUT2D eigenvalue weighted by atomic mass is 15.5. The fourth-order valence-electron chi connectivity index (χ4n) is 4.10. The maximum atomic E-state index is 5.06. The van der Waals surface area contributed by atoms with Gasteiger partial charge < -0.3 is 0 Å². The highest BCUT2D eigenvalue weighted by Gasteiger charge is 2.42. The van der Waals surface area contributed by atoms with E-state index in [1.807, 2.05) is 0 Å². The van der Waals surface area contributed by atoms with E-state index in [-0.39, 0.29) is 0 Å². The Bertz CT molecular complexity index is 385. The summed E-state index contributed by atoms with van der Waals surface area (Å²) < 4.78 is 0. The summed E-state index contributed by atoms with van der Waals surface area (Å²) in [4.78, 5) is 5.06. The van der Waals surface area contributed by atoms with Gasteiger partial charge in [0.05, 0.1) is 11.4 Å².